The predicted molar refractivity (Wildman–Crippen MR) is 84.7 cm³/mol. The van der Waals surface area contributed by atoms with Crippen LogP contribution in [0, 0.1) is 10.1 Å². The zero-order valence-corrected chi connectivity index (χ0v) is 14.1. The first-order valence-electron chi connectivity index (χ1n) is 7.19. The molecule has 0 atom stereocenters. The van der Waals surface area contributed by atoms with Crippen molar-refractivity contribution in [1.29, 1.82) is 0 Å². The molecule has 0 aromatic carbocycles. The molecule has 0 N–H and O–H groups in total. The highest BCUT2D eigenvalue weighted by molar-refractivity contribution is 7.17. The molecule has 0 aliphatic carbocycles. The van der Waals surface area contributed by atoms with Crippen molar-refractivity contribution in [2.24, 2.45) is 0 Å². The average Bonchev–Trinajstić information content (AvgIpc) is 2.95. The van der Waals surface area contributed by atoms with Gasteiger partial charge in [-0.05, 0) is 26.8 Å². The van der Waals surface area contributed by atoms with Crippen LogP contribution in [0.2, 0.25) is 0 Å². The first-order valence-corrected chi connectivity index (χ1v) is 8.00. The van der Waals surface area contributed by atoms with Crippen LogP contribution in [0.25, 0.3) is 0 Å². The largest absolute Gasteiger partial charge is 0.444 e. The summed E-state index contributed by atoms with van der Waals surface area (Å²) in [5.74, 6) is -0.244. The normalized spacial score (nSPS) is 15.4. The molecule has 126 valence electrons. The van der Waals surface area contributed by atoms with Gasteiger partial charge in [0, 0.05) is 32.2 Å². The molecule has 2 heterocycles. The Hall–Kier alpha value is -2.16. The van der Waals surface area contributed by atoms with Crippen molar-refractivity contribution < 1.29 is 19.2 Å². The van der Waals surface area contributed by atoms with Crippen LogP contribution in [0.5, 0.6) is 0 Å². The number of hydrogen-bond donors (Lipinski definition) is 0. The molecule has 0 radical (unpaired) electrons. The number of carbonyl (C=O) groups excluding carboxylic acids is 2. The minimum atomic E-state index is -0.556. The lowest BCUT2D eigenvalue weighted by molar-refractivity contribution is -0.380. The molecular weight excluding hydrogens is 322 g/mol. The fourth-order valence-electron chi connectivity index (χ4n) is 2.12. The number of ether oxygens (including phenoxy) is 1. The van der Waals surface area contributed by atoms with Gasteiger partial charge in [0.15, 0.2) is 0 Å². The van der Waals surface area contributed by atoms with Gasteiger partial charge in [-0.2, -0.15) is 0 Å². The van der Waals surface area contributed by atoms with Gasteiger partial charge in [-0.15, -0.1) is 0 Å². The molecule has 1 fully saturated rings. The predicted octanol–water partition coefficient (Wildman–Crippen LogP) is 2.35. The lowest BCUT2D eigenvalue weighted by atomic mass is 10.2. The van der Waals surface area contributed by atoms with Crippen molar-refractivity contribution in [1.82, 2.24) is 9.80 Å². The van der Waals surface area contributed by atoms with Gasteiger partial charge in [-0.3, -0.25) is 14.9 Å². The van der Waals surface area contributed by atoms with E-state index < -0.39 is 16.6 Å². The smallest absolute Gasteiger partial charge is 0.410 e. The maximum Gasteiger partial charge on any atom is 0.410 e. The number of thiophene rings is 1. The SMILES string of the molecule is CC(C)(C)OC(=O)N1CCN(C(=O)c2ccc([N+](=O)[O-])s2)CC1. The Morgan fingerprint density at radius 3 is 2.22 bits per heavy atom. The highest BCUT2D eigenvalue weighted by atomic mass is 32.1. The van der Waals surface area contributed by atoms with Gasteiger partial charge in [0.1, 0.15) is 5.60 Å². The number of carbonyl (C=O) groups is 2. The highest BCUT2D eigenvalue weighted by Crippen LogP contribution is 2.25. The Bertz CT molecular complexity index is 614. The van der Waals surface area contributed by atoms with Gasteiger partial charge in [0.2, 0.25) is 0 Å². The first-order chi connectivity index (χ1) is 10.7. The van der Waals surface area contributed by atoms with E-state index >= 15 is 0 Å². The average molecular weight is 341 g/mol. The van der Waals surface area contributed by atoms with E-state index in [1.165, 1.54) is 12.1 Å². The summed E-state index contributed by atoms with van der Waals surface area (Å²) in [6.45, 7) is 6.92. The molecule has 1 aliphatic rings. The van der Waals surface area contributed by atoms with Gasteiger partial charge < -0.3 is 14.5 Å². The van der Waals surface area contributed by atoms with Crippen molar-refractivity contribution in [3.8, 4) is 0 Å². The Kier molecular flexibility index (Phi) is 4.88. The minimum Gasteiger partial charge on any atom is -0.444 e. The van der Waals surface area contributed by atoms with Crippen LogP contribution in [0.15, 0.2) is 12.1 Å². The van der Waals surface area contributed by atoms with Crippen molar-refractivity contribution >= 4 is 28.3 Å². The molecule has 1 aromatic heterocycles. The van der Waals surface area contributed by atoms with Gasteiger partial charge in [0.25, 0.3) is 5.91 Å². The van der Waals surface area contributed by atoms with E-state index in [0.717, 1.165) is 11.3 Å². The molecule has 1 aromatic rings. The van der Waals surface area contributed by atoms with Gasteiger partial charge >= 0.3 is 11.1 Å². The second-order valence-corrected chi connectivity index (χ2v) is 7.22. The molecular formula is C14H19N3O5S. The van der Waals surface area contributed by atoms with E-state index in [2.05, 4.69) is 0 Å². The molecule has 2 rings (SSSR count). The number of amides is 2. The van der Waals surface area contributed by atoms with Crippen molar-refractivity contribution in [2.75, 3.05) is 26.2 Å². The molecule has 0 saturated carbocycles. The molecule has 1 saturated heterocycles. The molecule has 9 heteroatoms. The lowest BCUT2D eigenvalue weighted by Crippen LogP contribution is -2.51. The number of rotatable bonds is 2. The first kappa shape index (κ1) is 17.2. The number of nitro groups is 1. The third kappa shape index (κ3) is 4.41. The summed E-state index contributed by atoms with van der Waals surface area (Å²) in [5.41, 5.74) is -0.556. The maximum absolute atomic E-state index is 12.3. The summed E-state index contributed by atoms with van der Waals surface area (Å²) >= 11 is 0.862. The summed E-state index contributed by atoms with van der Waals surface area (Å²) in [6.07, 6.45) is -0.392. The number of nitrogens with zero attached hydrogens (tertiary/aromatic N) is 3. The van der Waals surface area contributed by atoms with Crippen LogP contribution in [0.3, 0.4) is 0 Å². The molecule has 0 bridgehead atoms. The quantitative estimate of drug-likeness (QED) is 0.608. The van der Waals surface area contributed by atoms with E-state index in [9.17, 15) is 19.7 Å². The van der Waals surface area contributed by atoms with Crippen molar-refractivity contribution in [2.45, 2.75) is 26.4 Å². The molecule has 8 nitrogen and oxygen atoms in total. The van der Waals surface area contributed by atoms with Gasteiger partial charge in [-0.1, -0.05) is 11.3 Å². The summed E-state index contributed by atoms with van der Waals surface area (Å²) in [5, 5.41) is 10.6. The second-order valence-electron chi connectivity index (χ2n) is 6.15. The maximum atomic E-state index is 12.3. The van der Waals surface area contributed by atoms with E-state index in [1.54, 1.807) is 30.6 Å². The number of hydrogen-bond acceptors (Lipinski definition) is 6. The summed E-state index contributed by atoms with van der Waals surface area (Å²) in [7, 11) is 0. The molecule has 23 heavy (non-hydrogen) atoms. The van der Waals surface area contributed by atoms with Crippen LogP contribution in [0.1, 0.15) is 30.4 Å². The second kappa shape index (κ2) is 6.53. The summed E-state index contributed by atoms with van der Waals surface area (Å²) in [6, 6.07) is 2.79. The van der Waals surface area contributed by atoms with E-state index in [1.807, 2.05) is 0 Å². The van der Waals surface area contributed by atoms with Crippen LogP contribution in [-0.4, -0.2) is 58.5 Å². The Morgan fingerprint density at radius 2 is 1.74 bits per heavy atom. The van der Waals surface area contributed by atoms with Gasteiger partial charge in [0.05, 0.1) is 9.80 Å². The number of piperazine rings is 1. The highest BCUT2D eigenvalue weighted by Gasteiger charge is 2.29. The topological polar surface area (TPSA) is 93.0 Å². The van der Waals surface area contributed by atoms with Crippen molar-refractivity contribution in [3.05, 3.63) is 27.1 Å². The third-order valence-electron chi connectivity index (χ3n) is 3.20. The fraction of sp³-hybridized carbons (Fsp3) is 0.571. The van der Waals surface area contributed by atoms with Gasteiger partial charge in [-0.25, -0.2) is 4.79 Å². The van der Waals surface area contributed by atoms with E-state index in [-0.39, 0.29) is 10.9 Å². The molecule has 2 amide bonds. The zero-order valence-electron chi connectivity index (χ0n) is 13.3. The van der Waals surface area contributed by atoms with E-state index in [4.69, 9.17) is 4.74 Å². The summed E-state index contributed by atoms with van der Waals surface area (Å²) in [4.78, 5) is 37.9. The van der Waals surface area contributed by atoms with Crippen molar-refractivity contribution in [3.63, 3.8) is 0 Å². The molecule has 1 aliphatic heterocycles. The van der Waals surface area contributed by atoms with Crippen LogP contribution in [0.4, 0.5) is 9.80 Å². The monoisotopic (exact) mass is 341 g/mol. The third-order valence-corrected chi connectivity index (χ3v) is 4.23. The zero-order chi connectivity index (χ0) is 17.2. The molecule has 0 unspecified atom stereocenters. The molecule has 0 spiro atoms. The van der Waals surface area contributed by atoms with E-state index in [0.29, 0.717) is 31.1 Å². The Labute approximate surface area is 137 Å². The Morgan fingerprint density at radius 1 is 1.17 bits per heavy atom. The fourth-order valence-corrected chi connectivity index (χ4v) is 2.90. The minimum absolute atomic E-state index is 0.0549. The van der Waals surface area contributed by atoms with Crippen LogP contribution < -0.4 is 0 Å². The van der Waals surface area contributed by atoms with Crippen LogP contribution >= 0.6 is 11.3 Å². The van der Waals surface area contributed by atoms with Crippen LogP contribution in [-0.2, 0) is 4.74 Å². The standard InChI is InChI=1S/C14H19N3O5S/c1-14(2,3)22-13(19)16-8-6-15(7-9-16)12(18)10-4-5-11(23-10)17(20)21/h4-5H,6-9H2,1-3H3. The summed E-state index contributed by atoms with van der Waals surface area (Å²) < 4.78 is 5.30. The Balaban J connectivity index is 1.92. The lowest BCUT2D eigenvalue weighted by Gasteiger charge is -2.35.